The van der Waals surface area contributed by atoms with Crippen molar-refractivity contribution in [2.45, 2.75) is 32.2 Å². The highest BCUT2D eigenvalue weighted by atomic mass is 16.4. The molecule has 0 atom stereocenters. The van der Waals surface area contributed by atoms with E-state index in [4.69, 9.17) is 10.2 Å². The Kier molecular flexibility index (Phi) is 4.78. The van der Waals surface area contributed by atoms with E-state index in [-0.39, 0.29) is 6.61 Å². The second-order valence-corrected chi connectivity index (χ2v) is 4.11. The van der Waals surface area contributed by atoms with Gasteiger partial charge in [-0.1, -0.05) is 12.0 Å². The number of nitrogens with zero attached hydrogens (tertiary/aromatic N) is 1. The van der Waals surface area contributed by atoms with Gasteiger partial charge in [-0.2, -0.15) is 0 Å². The third kappa shape index (κ3) is 4.01. The van der Waals surface area contributed by atoms with E-state index in [1.807, 2.05) is 6.92 Å². The highest BCUT2D eigenvalue weighted by Gasteiger charge is 2.24. The number of aliphatic hydroxyl groups excluding tert-OH is 1. The van der Waals surface area contributed by atoms with Gasteiger partial charge in [0.05, 0.1) is 6.61 Å². The Morgan fingerprint density at radius 3 is 2.60 bits per heavy atom. The molecule has 0 heterocycles. The predicted molar refractivity (Wildman–Crippen MR) is 57.7 cm³/mol. The van der Waals surface area contributed by atoms with E-state index in [1.54, 1.807) is 0 Å². The van der Waals surface area contributed by atoms with Gasteiger partial charge in [-0.15, -0.1) is 0 Å². The van der Waals surface area contributed by atoms with Gasteiger partial charge in [0.15, 0.2) is 0 Å². The standard InChI is InChI=1S/C11H19NO3/c1-9(7-11(14)15)8-12(5-6-13)10-3-2-4-10/h7,10,13H,2-6,8H2,1H3,(H,14,15). The quantitative estimate of drug-likeness (QED) is 0.643. The summed E-state index contributed by atoms with van der Waals surface area (Å²) in [5.41, 5.74) is 0.836. The first-order chi connectivity index (χ1) is 7.13. The molecule has 15 heavy (non-hydrogen) atoms. The molecule has 0 amide bonds. The summed E-state index contributed by atoms with van der Waals surface area (Å²) in [5, 5.41) is 17.5. The molecule has 2 N–H and O–H groups in total. The van der Waals surface area contributed by atoms with Crippen LogP contribution in [0.5, 0.6) is 0 Å². The summed E-state index contributed by atoms with van der Waals surface area (Å²) in [4.78, 5) is 12.6. The van der Waals surface area contributed by atoms with Gasteiger partial charge in [0.2, 0.25) is 0 Å². The van der Waals surface area contributed by atoms with Gasteiger partial charge in [0.25, 0.3) is 0 Å². The number of aliphatic carboxylic acids is 1. The molecule has 86 valence electrons. The lowest BCUT2D eigenvalue weighted by Crippen LogP contribution is -2.42. The van der Waals surface area contributed by atoms with Crippen LogP contribution in [0, 0.1) is 0 Å². The van der Waals surface area contributed by atoms with Gasteiger partial charge in [-0.05, 0) is 19.8 Å². The zero-order valence-corrected chi connectivity index (χ0v) is 9.15. The molecule has 1 saturated carbocycles. The van der Waals surface area contributed by atoms with Crippen LogP contribution in [0.3, 0.4) is 0 Å². The van der Waals surface area contributed by atoms with Gasteiger partial charge >= 0.3 is 5.97 Å². The number of aliphatic hydroxyl groups is 1. The Morgan fingerprint density at radius 2 is 2.20 bits per heavy atom. The minimum Gasteiger partial charge on any atom is -0.478 e. The third-order valence-corrected chi connectivity index (χ3v) is 2.80. The monoisotopic (exact) mass is 213 g/mol. The van der Waals surface area contributed by atoms with Crippen molar-refractivity contribution in [1.82, 2.24) is 4.90 Å². The lowest BCUT2D eigenvalue weighted by molar-refractivity contribution is -0.131. The van der Waals surface area contributed by atoms with Crippen molar-refractivity contribution in [2.75, 3.05) is 19.7 Å². The van der Waals surface area contributed by atoms with Crippen LogP contribution in [0.2, 0.25) is 0 Å². The Balaban J connectivity index is 2.45. The smallest absolute Gasteiger partial charge is 0.328 e. The number of hydrogen-bond acceptors (Lipinski definition) is 3. The van der Waals surface area contributed by atoms with Crippen LogP contribution in [0.1, 0.15) is 26.2 Å². The topological polar surface area (TPSA) is 60.8 Å². The molecule has 0 aromatic carbocycles. The zero-order valence-electron chi connectivity index (χ0n) is 9.15. The molecule has 0 aromatic rings. The van der Waals surface area contributed by atoms with Crippen LogP contribution in [-0.4, -0.2) is 46.8 Å². The molecular weight excluding hydrogens is 194 g/mol. The Hall–Kier alpha value is -0.870. The predicted octanol–water partition coefficient (Wildman–Crippen LogP) is 0.864. The minimum atomic E-state index is -0.898. The zero-order chi connectivity index (χ0) is 11.3. The number of carboxylic acid groups (broad SMARTS) is 1. The summed E-state index contributed by atoms with van der Waals surface area (Å²) in [6, 6.07) is 0.536. The van der Waals surface area contributed by atoms with Crippen molar-refractivity contribution in [1.29, 1.82) is 0 Å². The molecule has 1 fully saturated rings. The van der Waals surface area contributed by atoms with Crippen LogP contribution in [0.4, 0.5) is 0 Å². The van der Waals surface area contributed by atoms with E-state index in [0.717, 1.165) is 5.57 Å². The summed E-state index contributed by atoms with van der Waals surface area (Å²) in [7, 11) is 0. The third-order valence-electron chi connectivity index (χ3n) is 2.80. The molecule has 0 unspecified atom stereocenters. The van der Waals surface area contributed by atoms with Crippen LogP contribution in [0.15, 0.2) is 11.6 Å². The molecule has 0 aromatic heterocycles. The number of rotatable bonds is 6. The Labute approximate surface area is 90.2 Å². The van der Waals surface area contributed by atoms with E-state index < -0.39 is 5.97 Å². The Bertz CT molecular complexity index is 246. The van der Waals surface area contributed by atoms with Gasteiger partial charge in [0, 0.05) is 25.2 Å². The molecule has 0 aliphatic heterocycles. The summed E-state index contributed by atoms with van der Waals surface area (Å²) < 4.78 is 0. The maximum Gasteiger partial charge on any atom is 0.328 e. The van der Waals surface area contributed by atoms with Crippen molar-refractivity contribution in [2.24, 2.45) is 0 Å². The molecule has 4 heteroatoms. The van der Waals surface area contributed by atoms with Crippen LogP contribution < -0.4 is 0 Å². The summed E-state index contributed by atoms with van der Waals surface area (Å²) in [6.45, 7) is 3.24. The van der Waals surface area contributed by atoms with E-state index in [0.29, 0.717) is 19.1 Å². The van der Waals surface area contributed by atoms with Crippen LogP contribution >= 0.6 is 0 Å². The highest BCUT2D eigenvalue weighted by molar-refractivity contribution is 5.80. The largest absolute Gasteiger partial charge is 0.478 e. The van der Waals surface area contributed by atoms with Crippen molar-refractivity contribution in [3.05, 3.63) is 11.6 Å². The lowest BCUT2D eigenvalue weighted by Gasteiger charge is -2.37. The molecule has 0 bridgehead atoms. The van der Waals surface area contributed by atoms with E-state index in [2.05, 4.69) is 4.90 Å². The molecule has 0 saturated heterocycles. The van der Waals surface area contributed by atoms with Crippen molar-refractivity contribution >= 4 is 5.97 Å². The highest BCUT2D eigenvalue weighted by Crippen LogP contribution is 2.24. The average molecular weight is 213 g/mol. The van der Waals surface area contributed by atoms with Gasteiger partial charge in [-0.25, -0.2) is 4.79 Å². The molecule has 4 nitrogen and oxygen atoms in total. The maximum atomic E-state index is 10.5. The number of hydrogen-bond donors (Lipinski definition) is 2. The van der Waals surface area contributed by atoms with Gasteiger partial charge < -0.3 is 10.2 Å². The maximum absolute atomic E-state index is 10.5. The van der Waals surface area contributed by atoms with Crippen molar-refractivity contribution in [3.8, 4) is 0 Å². The molecule has 1 aliphatic rings. The SMILES string of the molecule is CC(=CC(=O)O)CN(CCO)C1CCC1. The summed E-state index contributed by atoms with van der Waals surface area (Å²) in [5.74, 6) is -0.898. The first-order valence-corrected chi connectivity index (χ1v) is 5.38. The Morgan fingerprint density at radius 1 is 1.53 bits per heavy atom. The summed E-state index contributed by atoms with van der Waals surface area (Å²) >= 11 is 0. The molecule has 1 aliphatic carbocycles. The van der Waals surface area contributed by atoms with Crippen LogP contribution in [0.25, 0.3) is 0 Å². The normalized spacial score (nSPS) is 17.9. The number of carboxylic acids is 1. The first kappa shape index (κ1) is 12.2. The molecule has 1 rings (SSSR count). The average Bonchev–Trinajstić information content (AvgIpc) is 1.98. The second-order valence-electron chi connectivity index (χ2n) is 4.11. The van der Waals surface area contributed by atoms with Gasteiger partial charge in [-0.3, -0.25) is 4.90 Å². The fraction of sp³-hybridized carbons (Fsp3) is 0.727. The van der Waals surface area contributed by atoms with Crippen LogP contribution in [-0.2, 0) is 4.79 Å². The summed E-state index contributed by atoms with van der Waals surface area (Å²) in [6.07, 6.45) is 4.82. The molecular formula is C11H19NO3. The first-order valence-electron chi connectivity index (χ1n) is 5.38. The minimum absolute atomic E-state index is 0.136. The fourth-order valence-corrected chi connectivity index (χ4v) is 1.85. The fourth-order valence-electron chi connectivity index (χ4n) is 1.85. The van der Waals surface area contributed by atoms with E-state index in [1.165, 1.54) is 25.3 Å². The van der Waals surface area contributed by atoms with E-state index >= 15 is 0 Å². The van der Waals surface area contributed by atoms with Crippen molar-refractivity contribution in [3.63, 3.8) is 0 Å². The second kappa shape index (κ2) is 5.88. The van der Waals surface area contributed by atoms with Crippen molar-refractivity contribution < 1.29 is 15.0 Å². The molecule has 0 spiro atoms. The molecule has 0 radical (unpaired) electrons. The van der Waals surface area contributed by atoms with E-state index in [9.17, 15) is 4.79 Å². The van der Waals surface area contributed by atoms with Gasteiger partial charge in [0.1, 0.15) is 0 Å². The number of carbonyl (C=O) groups is 1. The lowest BCUT2D eigenvalue weighted by atomic mass is 9.91.